The summed E-state index contributed by atoms with van der Waals surface area (Å²) in [5.74, 6) is 3.07. The van der Waals surface area contributed by atoms with Crippen LogP contribution in [0, 0.1) is 12.3 Å². The van der Waals surface area contributed by atoms with E-state index in [9.17, 15) is 0 Å². The molecule has 1 aromatic rings. The van der Waals surface area contributed by atoms with Crippen molar-refractivity contribution in [1.29, 1.82) is 0 Å². The lowest BCUT2D eigenvalue weighted by Gasteiger charge is -1.97. The smallest absolute Gasteiger partial charge is 0.135 e. The molecule has 1 heterocycles. The van der Waals surface area contributed by atoms with E-state index in [1.807, 2.05) is 0 Å². The van der Waals surface area contributed by atoms with Crippen LogP contribution < -0.4 is 0 Å². The second-order valence-corrected chi connectivity index (χ2v) is 1.83. The molecule has 0 bridgehead atoms. The van der Waals surface area contributed by atoms with Gasteiger partial charge in [-0.05, 0) is 0 Å². The van der Waals surface area contributed by atoms with Crippen molar-refractivity contribution in [3.63, 3.8) is 0 Å². The number of nitrogens with zero attached hydrogens (tertiary/aromatic N) is 2. The lowest BCUT2D eigenvalue weighted by Crippen LogP contribution is -2.00. The van der Waals surface area contributed by atoms with E-state index in [1.165, 1.54) is 0 Å². The quantitative estimate of drug-likeness (QED) is 0.581. The van der Waals surface area contributed by atoms with E-state index in [0.29, 0.717) is 12.4 Å². The molecule has 0 aromatic carbocycles. The summed E-state index contributed by atoms with van der Waals surface area (Å²) < 4.78 is 1.72. The Hall–Kier alpha value is -1.27. The van der Waals surface area contributed by atoms with Crippen LogP contribution in [0.2, 0.25) is 0 Å². The third-order valence-corrected chi connectivity index (χ3v) is 1.20. The number of hydrogen-bond acceptors (Lipinski definition) is 2. The van der Waals surface area contributed by atoms with E-state index in [-0.39, 0.29) is 6.61 Å². The summed E-state index contributed by atoms with van der Waals surface area (Å²) in [6.45, 7) is 0.407. The Morgan fingerprint density at radius 2 is 2.60 bits per heavy atom. The summed E-state index contributed by atoms with van der Waals surface area (Å²) in [4.78, 5) is 3.87. The fourth-order valence-electron chi connectivity index (χ4n) is 0.734. The summed E-state index contributed by atoms with van der Waals surface area (Å²) in [6, 6.07) is 0. The zero-order valence-electron chi connectivity index (χ0n) is 5.49. The monoisotopic (exact) mass is 136 g/mol. The summed E-state index contributed by atoms with van der Waals surface area (Å²) >= 11 is 0. The van der Waals surface area contributed by atoms with Crippen molar-refractivity contribution in [2.75, 3.05) is 0 Å². The van der Waals surface area contributed by atoms with Gasteiger partial charge in [-0.3, -0.25) is 0 Å². The topological polar surface area (TPSA) is 38.0 Å². The third kappa shape index (κ3) is 1.17. The first-order valence-electron chi connectivity index (χ1n) is 2.93. The highest BCUT2D eigenvalue weighted by atomic mass is 16.3. The summed E-state index contributed by atoms with van der Waals surface area (Å²) in [5, 5.41) is 8.68. The Labute approximate surface area is 59.3 Å². The van der Waals surface area contributed by atoms with Crippen LogP contribution in [0.5, 0.6) is 0 Å². The van der Waals surface area contributed by atoms with E-state index in [1.54, 1.807) is 17.0 Å². The van der Waals surface area contributed by atoms with Crippen LogP contribution >= 0.6 is 0 Å². The summed E-state index contributed by atoms with van der Waals surface area (Å²) in [5.41, 5.74) is 0. The van der Waals surface area contributed by atoms with Gasteiger partial charge in [-0.2, -0.15) is 0 Å². The zero-order chi connectivity index (χ0) is 7.40. The van der Waals surface area contributed by atoms with Crippen molar-refractivity contribution < 1.29 is 5.11 Å². The Balaban J connectivity index is 2.82. The molecule has 52 valence electrons. The van der Waals surface area contributed by atoms with Gasteiger partial charge in [0.05, 0.1) is 6.54 Å². The predicted molar refractivity (Wildman–Crippen MR) is 37.0 cm³/mol. The number of aliphatic hydroxyl groups is 1. The Morgan fingerprint density at radius 1 is 1.80 bits per heavy atom. The van der Waals surface area contributed by atoms with Gasteiger partial charge in [0.15, 0.2) is 0 Å². The van der Waals surface area contributed by atoms with Gasteiger partial charge in [0, 0.05) is 12.4 Å². The van der Waals surface area contributed by atoms with Crippen LogP contribution in [-0.4, -0.2) is 14.7 Å². The van der Waals surface area contributed by atoms with Gasteiger partial charge in [0.25, 0.3) is 0 Å². The molecule has 1 rings (SSSR count). The second-order valence-electron chi connectivity index (χ2n) is 1.83. The van der Waals surface area contributed by atoms with Crippen molar-refractivity contribution in [1.82, 2.24) is 9.55 Å². The largest absolute Gasteiger partial charge is 0.388 e. The molecule has 0 spiro atoms. The minimum Gasteiger partial charge on any atom is -0.388 e. The molecule has 0 aliphatic carbocycles. The van der Waals surface area contributed by atoms with E-state index in [0.717, 1.165) is 0 Å². The van der Waals surface area contributed by atoms with Gasteiger partial charge < -0.3 is 9.67 Å². The van der Waals surface area contributed by atoms with Crippen molar-refractivity contribution in [2.24, 2.45) is 0 Å². The first-order valence-corrected chi connectivity index (χ1v) is 2.93. The molecule has 0 radical (unpaired) electrons. The van der Waals surface area contributed by atoms with Gasteiger partial charge in [0.2, 0.25) is 0 Å². The van der Waals surface area contributed by atoms with E-state index >= 15 is 0 Å². The van der Waals surface area contributed by atoms with Crippen LogP contribution in [0.1, 0.15) is 5.82 Å². The van der Waals surface area contributed by atoms with Crippen LogP contribution in [-0.2, 0) is 13.2 Å². The average Bonchev–Trinajstić information content (AvgIpc) is 2.36. The second kappa shape index (κ2) is 3.04. The van der Waals surface area contributed by atoms with Crippen molar-refractivity contribution in [3.8, 4) is 12.3 Å². The molecule has 0 fully saturated rings. The number of terminal acetylenes is 1. The Morgan fingerprint density at radius 3 is 3.20 bits per heavy atom. The van der Waals surface area contributed by atoms with Crippen LogP contribution in [0.3, 0.4) is 0 Å². The fourth-order valence-corrected chi connectivity index (χ4v) is 0.734. The summed E-state index contributed by atoms with van der Waals surface area (Å²) in [7, 11) is 0. The van der Waals surface area contributed by atoms with Crippen molar-refractivity contribution in [3.05, 3.63) is 18.2 Å². The van der Waals surface area contributed by atoms with Gasteiger partial charge in [0.1, 0.15) is 12.4 Å². The highest BCUT2D eigenvalue weighted by Crippen LogP contribution is 1.95. The zero-order valence-corrected chi connectivity index (χ0v) is 5.49. The average molecular weight is 136 g/mol. The molecule has 10 heavy (non-hydrogen) atoms. The maximum Gasteiger partial charge on any atom is 0.135 e. The minimum atomic E-state index is -0.0608. The lowest BCUT2D eigenvalue weighted by atomic mass is 10.6. The van der Waals surface area contributed by atoms with Gasteiger partial charge in [-0.1, -0.05) is 5.92 Å². The molecule has 3 heteroatoms. The first-order chi connectivity index (χ1) is 4.88. The summed E-state index contributed by atoms with van der Waals surface area (Å²) in [6.07, 6.45) is 8.42. The Kier molecular flexibility index (Phi) is 2.08. The molecule has 0 saturated heterocycles. The number of rotatable bonds is 2. The number of aromatic nitrogens is 2. The van der Waals surface area contributed by atoms with Crippen LogP contribution in [0.25, 0.3) is 0 Å². The number of aliphatic hydroxyl groups excluding tert-OH is 1. The molecule has 0 saturated carbocycles. The molecule has 0 atom stereocenters. The van der Waals surface area contributed by atoms with Crippen molar-refractivity contribution in [2.45, 2.75) is 13.2 Å². The SMILES string of the molecule is C#CCn1ccnc1CO. The van der Waals surface area contributed by atoms with Crippen molar-refractivity contribution >= 4 is 0 Å². The molecule has 0 unspecified atom stereocenters. The van der Waals surface area contributed by atoms with Crippen LogP contribution in [0.15, 0.2) is 12.4 Å². The molecule has 3 nitrogen and oxygen atoms in total. The normalized spacial score (nSPS) is 9.20. The lowest BCUT2D eigenvalue weighted by molar-refractivity contribution is 0.266. The first kappa shape index (κ1) is 6.84. The number of imidazole rings is 1. The fraction of sp³-hybridized carbons (Fsp3) is 0.286. The van der Waals surface area contributed by atoms with E-state index < -0.39 is 0 Å². The number of hydrogen-bond donors (Lipinski definition) is 1. The molecular weight excluding hydrogens is 128 g/mol. The van der Waals surface area contributed by atoms with Gasteiger partial charge in [-0.15, -0.1) is 6.42 Å². The molecule has 0 aliphatic rings. The third-order valence-electron chi connectivity index (χ3n) is 1.20. The van der Waals surface area contributed by atoms with E-state index in [4.69, 9.17) is 11.5 Å². The maximum atomic E-state index is 8.68. The predicted octanol–water partition coefficient (Wildman–Crippen LogP) is 0.00860. The molecule has 0 aliphatic heterocycles. The van der Waals surface area contributed by atoms with Gasteiger partial charge in [-0.25, -0.2) is 4.98 Å². The highest BCUT2D eigenvalue weighted by molar-refractivity contribution is 4.95. The van der Waals surface area contributed by atoms with Gasteiger partial charge >= 0.3 is 0 Å². The highest BCUT2D eigenvalue weighted by Gasteiger charge is 1.96. The standard InChI is InChI=1S/C7H8N2O/c1-2-4-9-5-3-8-7(9)6-10/h1,3,5,10H,4,6H2. The molecule has 1 aromatic heterocycles. The minimum absolute atomic E-state index is 0.0608. The molecule has 1 N–H and O–H groups in total. The Bertz CT molecular complexity index is 246. The molecular formula is C7H8N2O. The van der Waals surface area contributed by atoms with Crippen LogP contribution in [0.4, 0.5) is 0 Å². The maximum absolute atomic E-state index is 8.68. The van der Waals surface area contributed by atoms with E-state index in [2.05, 4.69) is 10.9 Å². The molecule has 0 amide bonds.